The fourth-order valence-corrected chi connectivity index (χ4v) is 2.52. The lowest BCUT2D eigenvalue weighted by molar-refractivity contribution is 0.229. The smallest absolute Gasteiger partial charge is 0.148 e. The molecule has 3 heteroatoms. The molecule has 0 aliphatic heterocycles. The molecule has 15 heavy (non-hydrogen) atoms. The number of hydrogen-bond acceptors (Lipinski definition) is 2. The second-order valence-electron chi connectivity index (χ2n) is 5.48. The number of anilines is 1. The zero-order valence-corrected chi connectivity index (χ0v) is 9.95. The van der Waals surface area contributed by atoms with Crippen molar-refractivity contribution in [2.45, 2.75) is 45.6 Å². The molecule has 1 atom stereocenters. The Morgan fingerprint density at radius 1 is 1.53 bits per heavy atom. The summed E-state index contributed by atoms with van der Waals surface area (Å²) in [6, 6.07) is 2.64. The quantitative estimate of drug-likeness (QED) is 0.808. The van der Waals surface area contributed by atoms with Crippen LogP contribution in [0, 0.1) is 5.41 Å². The molecule has 2 rings (SSSR count). The first kappa shape index (κ1) is 10.5. The molecule has 0 saturated heterocycles. The number of nitrogens with zero attached hydrogens (tertiary/aromatic N) is 2. The van der Waals surface area contributed by atoms with Crippen molar-refractivity contribution < 1.29 is 0 Å². The van der Waals surface area contributed by atoms with Gasteiger partial charge in [0.15, 0.2) is 0 Å². The highest BCUT2D eigenvalue weighted by Gasteiger charge is 2.27. The highest BCUT2D eigenvalue weighted by molar-refractivity contribution is 5.33. The minimum absolute atomic E-state index is 0.491. The van der Waals surface area contributed by atoms with E-state index in [1.807, 2.05) is 24.0 Å². The van der Waals surface area contributed by atoms with E-state index in [-0.39, 0.29) is 0 Å². The first-order valence-corrected chi connectivity index (χ1v) is 5.81. The molecule has 3 nitrogen and oxygen atoms in total. The Morgan fingerprint density at radius 3 is 2.93 bits per heavy atom. The van der Waals surface area contributed by atoms with Crippen LogP contribution < -0.4 is 5.32 Å². The zero-order chi connectivity index (χ0) is 10.9. The first-order valence-electron chi connectivity index (χ1n) is 5.81. The summed E-state index contributed by atoms with van der Waals surface area (Å²) in [5.74, 6) is 1.01. The molecule has 1 aliphatic carbocycles. The fourth-order valence-electron chi connectivity index (χ4n) is 2.52. The predicted molar refractivity (Wildman–Crippen MR) is 62.9 cm³/mol. The third-order valence-electron chi connectivity index (χ3n) is 3.27. The van der Waals surface area contributed by atoms with Gasteiger partial charge in [-0.15, -0.1) is 0 Å². The van der Waals surface area contributed by atoms with E-state index in [1.165, 1.54) is 25.7 Å². The summed E-state index contributed by atoms with van der Waals surface area (Å²) in [5, 5.41) is 7.88. The van der Waals surface area contributed by atoms with E-state index in [9.17, 15) is 0 Å². The Hall–Kier alpha value is -0.990. The van der Waals surface area contributed by atoms with Crippen LogP contribution in [-0.4, -0.2) is 15.8 Å². The van der Waals surface area contributed by atoms with Crippen LogP contribution in [0.2, 0.25) is 0 Å². The van der Waals surface area contributed by atoms with Crippen molar-refractivity contribution in [1.82, 2.24) is 9.78 Å². The van der Waals surface area contributed by atoms with Gasteiger partial charge >= 0.3 is 0 Å². The molecule has 1 saturated carbocycles. The van der Waals surface area contributed by atoms with Gasteiger partial charge in [0.2, 0.25) is 0 Å². The minimum Gasteiger partial charge on any atom is -0.366 e. The van der Waals surface area contributed by atoms with Crippen LogP contribution in [0.5, 0.6) is 0 Å². The van der Waals surface area contributed by atoms with Gasteiger partial charge in [-0.1, -0.05) is 20.3 Å². The monoisotopic (exact) mass is 207 g/mol. The standard InChI is InChI=1S/C12H21N3/c1-12(2)7-4-5-10(9-12)13-11-6-8-15(3)14-11/h6,8,10H,4-5,7,9H2,1-3H3,(H,13,14). The Morgan fingerprint density at radius 2 is 2.33 bits per heavy atom. The molecule has 0 spiro atoms. The van der Waals surface area contributed by atoms with E-state index >= 15 is 0 Å². The van der Waals surface area contributed by atoms with Crippen LogP contribution in [0.4, 0.5) is 5.82 Å². The molecule has 1 aliphatic rings. The molecule has 1 unspecified atom stereocenters. The van der Waals surface area contributed by atoms with E-state index in [0.29, 0.717) is 11.5 Å². The van der Waals surface area contributed by atoms with E-state index < -0.39 is 0 Å². The zero-order valence-electron chi connectivity index (χ0n) is 9.95. The van der Waals surface area contributed by atoms with E-state index in [1.54, 1.807) is 0 Å². The average molecular weight is 207 g/mol. The molecule has 0 radical (unpaired) electrons. The lowest BCUT2D eigenvalue weighted by Crippen LogP contribution is -2.31. The SMILES string of the molecule is Cn1ccc(NC2CCCC(C)(C)C2)n1. The number of aromatic nitrogens is 2. The first-order chi connectivity index (χ1) is 7.05. The Labute approximate surface area is 91.9 Å². The predicted octanol–water partition coefficient (Wildman–Crippen LogP) is 2.80. The minimum atomic E-state index is 0.491. The lowest BCUT2D eigenvalue weighted by Gasteiger charge is -2.35. The van der Waals surface area contributed by atoms with Gasteiger partial charge in [-0.25, -0.2) is 0 Å². The van der Waals surface area contributed by atoms with Crippen LogP contribution in [0.25, 0.3) is 0 Å². The van der Waals surface area contributed by atoms with Crippen LogP contribution in [-0.2, 0) is 7.05 Å². The maximum atomic E-state index is 4.36. The second kappa shape index (κ2) is 3.87. The van der Waals surface area contributed by atoms with Crippen molar-refractivity contribution in [3.8, 4) is 0 Å². The molecule has 0 aromatic carbocycles. The van der Waals surface area contributed by atoms with Gasteiger partial charge in [0, 0.05) is 25.4 Å². The van der Waals surface area contributed by atoms with Crippen LogP contribution in [0.3, 0.4) is 0 Å². The molecule has 1 fully saturated rings. The summed E-state index contributed by atoms with van der Waals surface area (Å²) in [5.41, 5.74) is 0.491. The molecular formula is C12H21N3. The van der Waals surface area contributed by atoms with Crippen molar-refractivity contribution >= 4 is 5.82 Å². The van der Waals surface area contributed by atoms with Crippen molar-refractivity contribution in [3.05, 3.63) is 12.3 Å². The normalized spacial score (nSPS) is 25.1. The molecule has 0 amide bonds. The number of rotatable bonds is 2. The van der Waals surface area contributed by atoms with Gasteiger partial charge in [-0.05, 0) is 24.7 Å². The highest BCUT2D eigenvalue weighted by atomic mass is 15.3. The Bertz CT molecular complexity index is 327. The largest absolute Gasteiger partial charge is 0.366 e. The van der Waals surface area contributed by atoms with Crippen LogP contribution in [0.1, 0.15) is 39.5 Å². The van der Waals surface area contributed by atoms with Crippen molar-refractivity contribution in [2.75, 3.05) is 5.32 Å². The highest BCUT2D eigenvalue weighted by Crippen LogP contribution is 2.36. The third-order valence-corrected chi connectivity index (χ3v) is 3.27. The summed E-state index contributed by atoms with van der Waals surface area (Å²) in [6.45, 7) is 4.72. The molecule has 1 heterocycles. The lowest BCUT2D eigenvalue weighted by atomic mass is 9.75. The van der Waals surface area contributed by atoms with Crippen molar-refractivity contribution in [3.63, 3.8) is 0 Å². The van der Waals surface area contributed by atoms with Gasteiger partial charge in [0.1, 0.15) is 5.82 Å². The van der Waals surface area contributed by atoms with Crippen molar-refractivity contribution in [1.29, 1.82) is 0 Å². The van der Waals surface area contributed by atoms with Crippen molar-refractivity contribution in [2.24, 2.45) is 12.5 Å². The number of nitrogens with one attached hydrogen (secondary N) is 1. The molecule has 0 bridgehead atoms. The van der Waals surface area contributed by atoms with E-state index in [4.69, 9.17) is 0 Å². The van der Waals surface area contributed by atoms with Gasteiger partial charge in [0.05, 0.1) is 0 Å². The topological polar surface area (TPSA) is 29.9 Å². The summed E-state index contributed by atoms with van der Waals surface area (Å²) in [7, 11) is 1.95. The summed E-state index contributed by atoms with van der Waals surface area (Å²) < 4.78 is 1.84. The van der Waals surface area contributed by atoms with E-state index in [0.717, 1.165) is 5.82 Å². The molecule has 1 aromatic rings. The van der Waals surface area contributed by atoms with Gasteiger partial charge in [0.25, 0.3) is 0 Å². The average Bonchev–Trinajstić information content (AvgIpc) is 2.49. The molecule has 84 valence electrons. The fraction of sp³-hybridized carbons (Fsp3) is 0.750. The summed E-state index contributed by atoms with van der Waals surface area (Å²) in [4.78, 5) is 0. The number of aryl methyl sites for hydroxylation is 1. The maximum absolute atomic E-state index is 4.36. The third kappa shape index (κ3) is 2.74. The molecular weight excluding hydrogens is 186 g/mol. The number of hydrogen-bond donors (Lipinski definition) is 1. The molecule has 1 aromatic heterocycles. The summed E-state index contributed by atoms with van der Waals surface area (Å²) >= 11 is 0. The summed E-state index contributed by atoms with van der Waals surface area (Å²) in [6.07, 6.45) is 7.20. The maximum Gasteiger partial charge on any atom is 0.148 e. The Kier molecular flexibility index (Phi) is 2.72. The van der Waals surface area contributed by atoms with Gasteiger partial charge < -0.3 is 5.32 Å². The van der Waals surface area contributed by atoms with Gasteiger partial charge in [-0.2, -0.15) is 5.10 Å². The van der Waals surface area contributed by atoms with Gasteiger partial charge in [-0.3, -0.25) is 4.68 Å². The Balaban J connectivity index is 1.95. The van der Waals surface area contributed by atoms with Crippen LogP contribution >= 0.6 is 0 Å². The second-order valence-corrected chi connectivity index (χ2v) is 5.48. The van der Waals surface area contributed by atoms with E-state index in [2.05, 4.69) is 24.3 Å². The van der Waals surface area contributed by atoms with Crippen LogP contribution in [0.15, 0.2) is 12.3 Å². The molecule has 1 N–H and O–H groups in total.